The second-order valence-corrected chi connectivity index (χ2v) is 8.13. The van der Waals surface area contributed by atoms with Crippen molar-refractivity contribution in [2.45, 2.75) is 11.6 Å². The number of para-hydroxylation sites is 1. The van der Waals surface area contributed by atoms with Crippen LogP contribution in [0.3, 0.4) is 0 Å². The van der Waals surface area contributed by atoms with Gasteiger partial charge in [-0.15, -0.1) is 10.2 Å². The van der Waals surface area contributed by atoms with Crippen molar-refractivity contribution in [3.63, 3.8) is 0 Å². The Bertz CT molecular complexity index is 1440. The summed E-state index contributed by atoms with van der Waals surface area (Å²) in [5.74, 6) is 1.55. The Balaban J connectivity index is 1.23. The molecular formula is C23H18N6O4S. The molecule has 0 fully saturated rings. The van der Waals surface area contributed by atoms with Crippen molar-refractivity contribution in [1.82, 2.24) is 25.0 Å². The van der Waals surface area contributed by atoms with Gasteiger partial charge in [0.1, 0.15) is 11.5 Å². The van der Waals surface area contributed by atoms with Gasteiger partial charge in [0.15, 0.2) is 17.2 Å². The molecule has 0 atom stereocenters. The zero-order valence-corrected chi connectivity index (χ0v) is 18.5. The third kappa shape index (κ3) is 4.69. The fourth-order valence-corrected chi connectivity index (χ4v) is 3.94. The van der Waals surface area contributed by atoms with E-state index in [1.807, 2.05) is 18.2 Å². The smallest absolute Gasteiger partial charge is 0.273 e. The Morgan fingerprint density at radius 2 is 1.71 bits per heavy atom. The van der Waals surface area contributed by atoms with Crippen LogP contribution in [0.4, 0.5) is 5.82 Å². The minimum atomic E-state index is -0.266. The van der Waals surface area contributed by atoms with E-state index in [0.717, 1.165) is 0 Å². The molecule has 0 saturated heterocycles. The second kappa shape index (κ2) is 9.63. The number of furan rings is 2. The number of amides is 1. The number of hydrogen-bond donors (Lipinski definition) is 2. The molecule has 0 bridgehead atoms. The number of anilines is 1. The molecule has 0 unspecified atom stereocenters. The van der Waals surface area contributed by atoms with Gasteiger partial charge >= 0.3 is 0 Å². The predicted octanol–water partition coefficient (Wildman–Crippen LogP) is 3.99. The molecule has 4 aromatic heterocycles. The highest BCUT2D eigenvalue weighted by Crippen LogP contribution is 2.30. The lowest BCUT2D eigenvalue weighted by Crippen LogP contribution is -2.14. The van der Waals surface area contributed by atoms with E-state index in [0.29, 0.717) is 45.3 Å². The SMILES string of the molecule is O=C(CCSc1nnc(-c2ccco2)c(-c2ccco2)n1)Nc1cc(=O)n(-c2ccccc2)[nH]1. The van der Waals surface area contributed by atoms with Crippen molar-refractivity contribution in [2.75, 3.05) is 11.1 Å². The first-order valence-electron chi connectivity index (χ1n) is 10.3. The van der Waals surface area contributed by atoms with Crippen molar-refractivity contribution >= 4 is 23.5 Å². The van der Waals surface area contributed by atoms with Crippen LogP contribution in [0.15, 0.2) is 92.0 Å². The number of hydrogen-bond acceptors (Lipinski definition) is 8. The van der Waals surface area contributed by atoms with Crippen LogP contribution in [0.5, 0.6) is 0 Å². The molecule has 0 aliphatic rings. The van der Waals surface area contributed by atoms with E-state index in [2.05, 4.69) is 25.6 Å². The molecular weight excluding hydrogens is 456 g/mol. The van der Waals surface area contributed by atoms with E-state index in [-0.39, 0.29) is 17.9 Å². The maximum absolute atomic E-state index is 12.4. The average molecular weight is 475 g/mol. The van der Waals surface area contributed by atoms with Gasteiger partial charge in [0.05, 0.1) is 18.2 Å². The standard InChI is InChI=1S/C23H18N6O4S/c30-19(24-18-14-20(31)29(28-18)15-6-2-1-3-7-15)10-13-34-23-25-21(16-8-4-11-32-16)22(26-27-23)17-9-5-12-33-17/h1-9,11-12,14,28H,10,13H2,(H,24,30). The van der Waals surface area contributed by atoms with Gasteiger partial charge in [-0.1, -0.05) is 30.0 Å². The van der Waals surface area contributed by atoms with Crippen molar-refractivity contribution in [3.8, 4) is 28.6 Å². The summed E-state index contributed by atoms with van der Waals surface area (Å²) >= 11 is 1.29. The minimum Gasteiger partial charge on any atom is -0.463 e. The largest absolute Gasteiger partial charge is 0.463 e. The number of benzene rings is 1. The van der Waals surface area contributed by atoms with Gasteiger partial charge in [0.25, 0.3) is 5.56 Å². The Kier molecular flexibility index (Phi) is 6.08. The van der Waals surface area contributed by atoms with Gasteiger partial charge in [-0.3, -0.25) is 14.7 Å². The van der Waals surface area contributed by atoms with Crippen molar-refractivity contribution in [3.05, 3.63) is 83.5 Å². The molecule has 0 aliphatic heterocycles. The lowest BCUT2D eigenvalue weighted by molar-refractivity contribution is -0.115. The lowest BCUT2D eigenvalue weighted by Gasteiger charge is -2.06. The van der Waals surface area contributed by atoms with Gasteiger partial charge in [0.2, 0.25) is 11.1 Å². The summed E-state index contributed by atoms with van der Waals surface area (Å²) in [6.45, 7) is 0. The molecule has 11 heteroatoms. The summed E-state index contributed by atoms with van der Waals surface area (Å²) < 4.78 is 12.3. The normalized spacial score (nSPS) is 10.9. The number of nitrogens with zero attached hydrogens (tertiary/aromatic N) is 4. The van der Waals surface area contributed by atoms with Gasteiger partial charge < -0.3 is 14.2 Å². The number of carbonyl (C=O) groups excluding carboxylic acids is 1. The first-order valence-corrected chi connectivity index (χ1v) is 11.3. The fourth-order valence-electron chi connectivity index (χ4n) is 3.21. The van der Waals surface area contributed by atoms with E-state index < -0.39 is 0 Å². The van der Waals surface area contributed by atoms with E-state index in [1.54, 1.807) is 48.9 Å². The summed E-state index contributed by atoms with van der Waals surface area (Å²) in [7, 11) is 0. The van der Waals surface area contributed by atoms with Gasteiger partial charge in [-0.2, -0.15) is 0 Å². The van der Waals surface area contributed by atoms with Gasteiger partial charge in [0, 0.05) is 18.2 Å². The number of carbonyl (C=O) groups is 1. The topological polar surface area (TPSA) is 132 Å². The fraction of sp³-hybridized carbons (Fsp3) is 0.0870. The van der Waals surface area contributed by atoms with Crippen LogP contribution in [-0.4, -0.2) is 36.6 Å². The zero-order valence-electron chi connectivity index (χ0n) is 17.7. The molecule has 1 aromatic carbocycles. The monoisotopic (exact) mass is 474 g/mol. The number of H-pyrrole nitrogens is 1. The minimum absolute atomic E-state index is 0.183. The predicted molar refractivity (Wildman–Crippen MR) is 126 cm³/mol. The highest BCUT2D eigenvalue weighted by molar-refractivity contribution is 7.99. The Morgan fingerprint density at radius 3 is 2.41 bits per heavy atom. The maximum atomic E-state index is 12.4. The summed E-state index contributed by atoms with van der Waals surface area (Å²) in [5, 5.41) is 14.4. The molecule has 0 spiro atoms. The van der Waals surface area contributed by atoms with Crippen LogP contribution >= 0.6 is 11.8 Å². The molecule has 0 aliphatic carbocycles. The first-order chi connectivity index (χ1) is 16.7. The quantitative estimate of drug-likeness (QED) is 0.323. The van der Waals surface area contributed by atoms with Crippen molar-refractivity contribution in [2.24, 2.45) is 0 Å². The summed E-state index contributed by atoms with van der Waals surface area (Å²) in [6.07, 6.45) is 3.28. The number of rotatable bonds is 8. The number of thioether (sulfide) groups is 1. The van der Waals surface area contributed by atoms with E-state index in [9.17, 15) is 9.59 Å². The number of nitrogens with one attached hydrogen (secondary N) is 2. The van der Waals surface area contributed by atoms with Gasteiger partial charge in [-0.25, -0.2) is 9.67 Å². The third-order valence-corrected chi connectivity index (χ3v) is 5.59. The molecule has 170 valence electrons. The summed E-state index contributed by atoms with van der Waals surface area (Å²) in [4.78, 5) is 29.1. The molecule has 0 saturated carbocycles. The van der Waals surface area contributed by atoms with E-state index >= 15 is 0 Å². The number of aromatic amines is 1. The first kappa shape index (κ1) is 21.5. The average Bonchev–Trinajstić information content (AvgIpc) is 3.62. The maximum Gasteiger partial charge on any atom is 0.273 e. The van der Waals surface area contributed by atoms with Crippen molar-refractivity contribution < 1.29 is 13.6 Å². The second-order valence-electron chi connectivity index (χ2n) is 7.07. The molecule has 34 heavy (non-hydrogen) atoms. The van der Waals surface area contributed by atoms with Crippen LogP contribution in [0.2, 0.25) is 0 Å². The lowest BCUT2D eigenvalue weighted by atomic mass is 10.2. The Labute approximate surface area is 197 Å². The van der Waals surface area contributed by atoms with Crippen LogP contribution < -0.4 is 10.9 Å². The molecule has 4 heterocycles. The Morgan fingerprint density at radius 1 is 0.971 bits per heavy atom. The molecule has 0 radical (unpaired) electrons. The Hall–Kier alpha value is -4.38. The summed E-state index contributed by atoms with van der Waals surface area (Å²) in [5.41, 5.74) is 1.38. The number of aromatic nitrogens is 5. The van der Waals surface area contributed by atoms with Crippen LogP contribution in [0, 0.1) is 0 Å². The molecule has 5 rings (SSSR count). The molecule has 2 N–H and O–H groups in total. The van der Waals surface area contributed by atoms with Crippen LogP contribution in [-0.2, 0) is 4.79 Å². The van der Waals surface area contributed by atoms with Crippen LogP contribution in [0.1, 0.15) is 6.42 Å². The molecule has 10 nitrogen and oxygen atoms in total. The van der Waals surface area contributed by atoms with E-state index in [1.165, 1.54) is 22.5 Å². The van der Waals surface area contributed by atoms with Crippen molar-refractivity contribution in [1.29, 1.82) is 0 Å². The van der Waals surface area contributed by atoms with Crippen LogP contribution in [0.25, 0.3) is 28.6 Å². The highest BCUT2D eigenvalue weighted by Gasteiger charge is 2.18. The van der Waals surface area contributed by atoms with Gasteiger partial charge in [-0.05, 0) is 36.4 Å². The zero-order chi connectivity index (χ0) is 23.3. The highest BCUT2D eigenvalue weighted by atomic mass is 32.2. The van der Waals surface area contributed by atoms with E-state index in [4.69, 9.17) is 8.83 Å². The molecule has 1 amide bonds. The molecule has 5 aromatic rings. The summed E-state index contributed by atoms with van der Waals surface area (Å²) in [6, 6.07) is 17.5. The third-order valence-electron chi connectivity index (χ3n) is 4.75.